The van der Waals surface area contributed by atoms with Gasteiger partial charge < -0.3 is 19.7 Å². The minimum atomic E-state index is -0.343. The lowest BCUT2D eigenvalue weighted by atomic mass is 10.2. The standard InChI is InChI=1S/C12H2Br6O4/c13-1-2(14)4(16)10-9(3(1)15)21-11-5(17)7(19)8(20)6(18)12(11)22-10/h19-20H. The van der Waals surface area contributed by atoms with Crippen molar-refractivity contribution in [2.45, 2.75) is 0 Å². The highest BCUT2D eigenvalue weighted by Gasteiger charge is 2.33. The molecule has 0 amide bonds. The Morgan fingerprint density at radius 3 is 1.05 bits per heavy atom. The van der Waals surface area contributed by atoms with E-state index in [0.29, 0.717) is 20.4 Å². The number of hydrogen-bond acceptors (Lipinski definition) is 4. The van der Waals surface area contributed by atoms with Crippen molar-refractivity contribution in [3.05, 3.63) is 26.8 Å². The van der Waals surface area contributed by atoms with Gasteiger partial charge in [-0.2, -0.15) is 0 Å². The summed E-state index contributed by atoms with van der Waals surface area (Å²) in [5.74, 6) is 0.653. The lowest BCUT2D eigenvalue weighted by molar-refractivity contribution is 0.336. The van der Waals surface area contributed by atoms with Crippen LogP contribution >= 0.6 is 95.6 Å². The smallest absolute Gasteiger partial charge is 0.189 e. The fraction of sp³-hybridized carbons (Fsp3) is 0. The summed E-state index contributed by atoms with van der Waals surface area (Å²) in [7, 11) is 0. The predicted molar refractivity (Wildman–Crippen MR) is 103 cm³/mol. The summed E-state index contributed by atoms with van der Waals surface area (Å²) < 4.78 is 14.9. The van der Waals surface area contributed by atoms with Gasteiger partial charge in [0, 0.05) is 0 Å². The zero-order chi connectivity index (χ0) is 16.3. The highest BCUT2D eigenvalue weighted by Crippen LogP contribution is 2.62. The van der Waals surface area contributed by atoms with Crippen LogP contribution in [0.15, 0.2) is 26.8 Å². The molecule has 2 N–H and O–H groups in total. The van der Waals surface area contributed by atoms with Crippen LogP contribution in [-0.4, -0.2) is 10.2 Å². The number of benzene rings is 2. The first-order valence-electron chi connectivity index (χ1n) is 5.40. The van der Waals surface area contributed by atoms with E-state index in [-0.39, 0.29) is 31.9 Å². The van der Waals surface area contributed by atoms with Gasteiger partial charge in [0.2, 0.25) is 0 Å². The van der Waals surface area contributed by atoms with Gasteiger partial charge in [-0.15, -0.1) is 0 Å². The second-order valence-corrected chi connectivity index (χ2v) is 8.86. The lowest BCUT2D eigenvalue weighted by Crippen LogP contribution is -2.03. The zero-order valence-electron chi connectivity index (χ0n) is 9.98. The molecule has 1 aliphatic rings. The molecule has 3 rings (SSSR count). The molecule has 116 valence electrons. The third kappa shape index (κ3) is 2.45. The average molecular weight is 690 g/mol. The van der Waals surface area contributed by atoms with E-state index in [9.17, 15) is 10.2 Å². The van der Waals surface area contributed by atoms with Gasteiger partial charge in [0.1, 0.15) is 8.95 Å². The normalized spacial score (nSPS) is 12.3. The number of ether oxygens (including phenoxy) is 2. The highest BCUT2D eigenvalue weighted by atomic mass is 79.9. The van der Waals surface area contributed by atoms with Crippen molar-refractivity contribution in [1.29, 1.82) is 0 Å². The molecule has 0 spiro atoms. The predicted octanol–water partition coefficient (Wildman–Crippen LogP) is 7.57. The van der Waals surface area contributed by atoms with Crippen molar-refractivity contribution in [3.63, 3.8) is 0 Å². The third-order valence-corrected chi connectivity index (χ3v) is 9.00. The van der Waals surface area contributed by atoms with Crippen LogP contribution in [0.25, 0.3) is 0 Å². The second kappa shape index (κ2) is 6.11. The first-order chi connectivity index (χ1) is 10.3. The van der Waals surface area contributed by atoms with Crippen LogP contribution in [0.4, 0.5) is 0 Å². The van der Waals surface area contributed by atoms with Gasteiger partial charge in [0.25, 0.3) is 0 Å². The lowest BCUT2D eigenvalue weighted by Gasteiger charge is -2.26. The van der Waals surface area contributed by atoms with Crippen molar-refractivity contribution in [2.24, 2.45) is 0 Å². The number of aromatic hydroxyl groups is 2. The molecule has 1 aliphatic heterocycles. The number of rotatable bonds is 0. The van der Waals surface area contributed by atoms with E-state index in [1.807, 2.05) is 0 Å². The molecule has 0 saturated carbocycles. The highest BCUT2D eigenvalue weighted by molar-refractivity contribution is 9.15. The van der Waals surface area contributed by atoms with Gasteiger partial charge in [-0.25, -0.2) is 0 Å². The van der Waals surface area contributed by atoms with E-state index in [1.54, 1.807) is 0 Å². The second-order valence-electron chi connectivity index (χ2n) is 4.10. The summed E-state index contributed by atoms with van der Waals surface area (Å²) in [4.78, 5) is 0. The molecule has 0 atom stereocenters. The average Bonchev–Trinajstić information content (AvgIpc) is 2.52. The van der Waals surface area contributed by atoms with E-state index in [1.165, 1.54) is 0 Å². The Kier molecular flexibility index (Phi) is 4.82. The number of phenols is 2. The van der Waals surface area contributed by atoms with Gasteiger partial charge in [0.15, 0.2) is 34.5 Å². The van der Waals surface area contributed by atoms with Gasteiger partial charge in [0.05, 0.1) is 17.9 Å². The molecular formula is C12H2Br6O4. The minimum absolute atomic E-state index is 0.191. The van der Waals surface area contributed by atoms with Crippen LogP contribution in [0, 0.1) is 0 Å². The van der Waals surface area contributed by atoms with Gasteiger partial charge in [-0.1, -0.05) is 0 Å². The maximum Gasteiger partial charge on any atom is 0.189 e. The molecule has 2 aromatic rings. The largest absolute Gasteiger partial charge is 0.503 e. The summed E-state index contributed by atoms with van der Waals surface area (Å²) in [5.41, 5.74) is 0. The molecule has 0 aromatic heterocycles. The molecule has 10 heteroatoms. The Morgan fingerprint density at radius 2 is 0.727 bits per heavy atom. The maximum atomic E-state index is 9.91. The molecule has 22 heavy (non-hydrogen) atoms. The molecule has 0 fully saturated rings. The fourth-order valence-electron chi connectivity index (χ4n) is 1.78. The summed E-state index contributed by atoms with van der Waals surface area (Å²) in [5, 5.41) is 19.8. The molecule has 0 radical (unpaired) electrons. The first kappa shape index (κ1) is 17.3. The third-order valence-electron chi connectivity index (χ3n) is 2.84. The topological polar surface area (TPSA) is 58.9 Å². The number of fused-ring (bicyclic) bond motifs is 2. The molecule has 2 aromatic carbocycles. The molecule has 0 unspecified atom stereocenters. The molecule has 4 nitrogen and oxygen atoms in total. The van der Waals surface area contributed by atoms with Gasteiger partial charge in [-0.05, 0) is 95.6 Å². The summed E-state index contributed by atoms with van der Waals surface area (Å²) in [6, 6.07) is 0. The zero-order valence-corrected chi connectivity index (χ0v) is 19.5. The Bertz CT molecular complexity index is 700. The van der Waals surface area contributed by atoms with E-state index in [0.717, 1.165) is 8.95 Å². The van der Waals surface area contributed by atoms with Gasteiger partial charge in [-0.3, -0.25) is 0 Å². The van der Waals surface area contributed by atoms with Gasteiger partial charge >= 0.3 is 0 Å². The number of hydrogen-bond donors (Lipinski definition) is 2. The van der Waals surface area contributed by atoms with E-state index < -0.39 is 0 Å². The van der Waals surface area contributed by atoms with Crippen LogP contribution in [-0.2, 0) is 0 Å². The van der Waals surface area contributed by atoms with Crippen LogP contribution in [0.5, 0.6) is 34.5 Å². The Balaban J connectivity index is 2.32. The fourth-order valence-corrected chi connectivity index (χ4v) is 4.89. The SMILES string of the molecule is Oc1c(O)c(Br)c2c(c1Br)Oc1c(Br)c(Br)c(Br)c(Br)c1O2. The molecule has 0 saturated heterocycles. The minimum Gasteiger partial charge on any atom is -0.503 e. The van der Waals surface area contributed by atoms with Crippen LogP contribution in [0.3, 0.4) is 0 Å². The number of phenolic OH excluding ortho intramolecular Hbond substituents is 2. The summed E-state index contributed by atoms with van der Waals surface area (Å²) in [6.45, 7) is 0. The van der Waals surface area contributed by atoms with Crippen LogP contribution in [0.1, 0.15) is 0 Å². The molecule has 1 heterocycles. The first-order valence-corrected chi connectivity index (χ1v) is 10.2. The summed E-state index contributed by atoms with van der Waals surface area (Å²) in [6.07, 6.45) is 0. The van der Waals surface area contributed by atoms with Crippen LogP contribution < -0.4 is 9.47 Å². The Hall–Kier alpha value is 0.520. The Morgan fingerprint density at radius 1 is 0.455 bits per heavy atom. The quantitative estimate of drug-likeness (QED) is 0.145. The van der Waals surface area contributed by atoms with Crippen molar-refractivity contribution < 1.29 is 19.7 Å². The molecular weight excluding hydrogens is 688 g/mol. The van der Waals surface area contributed by atoms with E-state index >= 15 is 0 Å². The Labute approximate surface area is 175 Å². The number of halogens is 6. The summed E-state index contributed by atoms with van der Waals surface area (Å²) >= 11 is 20.1. The molecule has 0 bridgehead atoms. The molecule has 0 aliphatic carbocycles. The van der Waals surface area contributed by atoms with Crippen molar-refractivity contribution in [3.8, 4) is 34.5 Å². The van der Waals surface area contributed by atoms with Crippen molar-refractivity contribution in [2.75, 3.05) is 0 Å². The monoisotopic (exact) mass is 684 g/mol. The van der Waals surface area contributed by atoms with Crippen molar-refractivity contribution in [1.82, 2.24) is 0 Å². The van der Waals surface area contributed by atoms with Crippen molar-refractivity contribution >= 4 is 95.6 Å². The maximum absolute atomic E-state index is 9.91. The van der Waals surface area contributed by atoms with E-state index in [4.69, 9.17) is 9.47 Å². The van der Waals surface area contributed by atoms with E-state index in [2.05, 4.69) is 95.6 Å². The van der Waals surface area contributed by atoms with Crippen LogP contribution in [0.2, 0.25) is 0 Å².